The molecule has 2 saturated heterocycles. The van der Waals surface area contributed by atoms with Gasteiger partial charge in [-0.3, -0.25) is 10.2 Å². The Hall–Kier alpha value is -4.28. The highest BCUT2D eigenvalue weighted by Gasteiger charge is 2.34. The van der Waals surface area contributed by atoms with Crippen molar-refractivity contribution in [2.45, 2.75) is 65.2 Å². The Morgan fingerprint density at radius 1 is 0.667 bits per heavy atom. The quantitative estimate of drug-likeness (QED) is 0.159. The number of aryl methyl sites for hydroxylation is 2. The Labute approximate surface area is 353 Å². The van der Waals surface area contributed by atoms with Crippen LogP contribution in [-0.4, -0.2) is 71.6 Å². The number of piperidine rings is 2. The van der Waals surface area contributed by atoms with Crippen molar-refractivity contribution in [3.05, 3.63) is 137 Å². The number of rotatable bonds is 2. The fourth-order valence-corrected chi connectivity index (χ4v) is 9.22. The van der Waals surface area contributed by atoms with Gasteiger partial charge in [0.25, 0.3) is 5.69 Å². The van der Waals surface area contributed by atoms with Gasteiger partial charge >= 0.3 is 12.2 Å². The number of fused-ring (bicyclic) bond motifs is 4. The van der Waals surface area contributed by atoms with E-state index in [4.69, 9.17) is 60.9 Å². The highest BCUT2D eigenvalue weighted by molar-refractivity contribution is 6.32. The Kier molecular flexibility index (Phi) is 13.0. The van der Waals surface area contributed by atoms with Crippen molar-refractivity contribution < 1.29 is 29.0 Å². The van der Waals surface area contributed by atoms with Gasteiger partial charge in [0, 0.05) is 69.4 Å². The van der Waals surface area contributed by atoms with Gasteiger partial charge in [-0.2, -0.15) is 0 Å². The molecule has 2 aliphatic heterocycles. The van der Waals surface area contributed by atoms with Crippen molar-refractivity contribution in [2.24, 2.45) is 0 Å². The summed E-state index contributed by atoms with van der Waals surface area (Å²) in [5.41, 5.74) is 13.0. The molecular weight excluding hydrogens is 806 g/mol. The van der Waals surface area contributed by atoms with Gasteiger partial charge in [0.1, 0.15) is 0 Å². The number of amides is 2. The number of carbonyl (C=O) groups is 2. The zero-order valence-electron chi connectivity index (χ0n) is 32.1. The van der Waals surface area contributed by atoms with E-state index < -0.39 is 0 Å². The molecule has 0 unspecified atom stereocenters. The smallest absolute Gasteiger partial charge is 0.409 e. The lowest BCUT2D eigenvalue weighted by molar-refractivity contribution is -0.906. The molecule has 9 nitrogen and oxygen atoms in total. The summed E-state index contributed by atoms with van der Waals surface area (Å²) in [6.45, 7) is 6.87. The third-order valence-electron chi connectivity index (χ3n) is 11.1. The van der Waals surface area contributed by atoms with Crippen LogP contribution >= 0.6 is 46.4 Å². The second-order valence-corrected chi connectivity index (χ2v) is 16.1. The fraction of sp³-hybridized carbons (Fsp3) is 0.364. The fourth-order valence-electron chi connectivity index (χ4n) is 8.35. The summed E-state index contributed by atoms with van der Waals surface area (Å²) in [7, 11) is 0. The molecule has 2 aromatic heterocycles. The molecule has 4 aliphatic rings. The van der Waals surface area contributed by atoms with Crippen LogP contribution in [0.15, 0.2) is 72.1 Å². The van der Waals surface area contributed by atoms with E-state index in [2.05, 4.69) is 6.07 Å². The normalized spacial score (nSPS) is 16.2. The summed E-state index contributed by atoms with van der Waals surface area (Å²) in [6, 6.07) is 15.5. The third kappa shape index (κ3) is 8.77. The van der Waals surface area contributed by atoms with Gasteiger partial charge in [0.05, 0.1) is 29.5 Å². The number of ether oxygens (including phenoxy) is 2. The predicted octanol–water partition coefficient (Wildman–Crippen LogP) is 10.2. The molecule has 2 aromatic carbocycles. The summed E-state index contributed by atoms with van der Waals surface area (Å²) >= 11 is 25.6. The van der Waals surface area contributed by atoms with Crippen LogP contribution in [0.2, 0.25) is 20.1 Å². The van der Waals surface area contributed by atoms with Crippen molar-refractivity contribution in [3.8, 4) is 0 Å². The van der Waals surface area contributed by atoms with Gasteiger partial charge in [0.15, 0.2) is 0 Å². The molecular formula is C44H45Cl4N4O5+. The van der Waals surface area contributed by atoms with Crippen LogP contribution in [0.3, 0.4) is 0 Å². The van der Waals surface area contributed by atoms with E-state index in [-0.39, 0.29) is 12.2 Å². The Balaban J connectivity index is 0.000000174. The lowest BCUT2D eigenvalue weighted by Gasteiger charge is -2.29. The number of benzene rings is 2. The summed E-state index contributed by atoms with van der Waals surface area (Å²) in [6.07, 6.45) is 9.07. The number of hydrogen-bond donors (Lipinski definition) is 1. The van der Waals surface area contributed by atoms with Crippen molar-refractivity contribution in [1.82, 2.24) is 14.8 Å². The molecule has 4 aromatic rings. The second kappa shape index (κ2) is 18.1. The number of carbonyl (C=O) groups excluding carboxylic acids is 2. The Bertz CT molecular complexity index is 2260. The zero-order chi connectivity index (χ0) is 40.2. The van der Waals surface area contributed by atoms with Gasteiger partial charge in [0.2, 0.25) is 6.20 Å². The minimum Gasteiger partial charge on any atom is -0.450 e. The van der Waals surface area contributed by atoms with Crippen LogP contribution in [-0.2, 0) is 35.2 Å². The van der Waals surface area contributed by atoms with Crippen LogP contribution in [0.5, 0.6) is 0 Å². The molecule has 8 rings (SSSR count). The summed E-state index contributed by atoms with van der Waals surface area (Å²) < 4.78 is 11.5. The molecule has 2 aliphatic carbocycles. The number of hydrogen-bond acceptors (Lipinski definition) is 6. The molecule has 1 N–H and O–H groups in total. The standard InChI is InChI=1S/C22H23Cl2N2O3.C22H22Cl2N2O2/c1-2-29-22(27)25-10-7-14(8-11-25)20-17-6-4-16(23)13-15(17)3-5-18-19(24)9-12-26(28)21(18)20;1-2-28-22(27)26-11-8-14(9-12-26)20-17-6-4-16(23)13-15(17)3-5-18-19(24)7-10-25-21(18)20/h4,6,9,12-13,28H,2-3,5,7-8,10-11H2,1H3;4,6-7,10,13H,2-3,5,8-9,11-12H2,1H3/q+1;. The lowest BCUT2D eigenvalue weighted by Crippen LogP contribution is -2.38. The third-order valence-corrected chi connectivity index (χ3v) is 12.3. The monoisotopic (exact) mass is 849 g/mol. The maximum Gasteiger partial charge on any atom is 0.409 e. The summed E-state index contributed by atoms with van der Waals surface area (Å²) in [5.74, 6) is 0. The first-order valence-corrected chi connectivity index (χ1v) is 21.0. The van der Waals surface area contributed by atoms with E-state index in [1.165, 1.54) is 27.0 Å². The maximum absolute atomic E-state index is 12.1. The Morgan fingerprint density at radius 3 is 1.70 bits per heavy atom. The summed E-state index contributed by atoms with van der Waals surface area (Å²) in [5, 5.41) is 13.5. The largest absolute Gasteiger partial charge is 0.450 e. The highest BCUT2D eigenvalue weighted by Crippen LogP contribution is 2.41. The second-order valence-electron chi connectivity index (χ2n) is 14.4. The predicted molar refractivity (Wildman–Crippen MR) is 224 cm³/mol. The molecule has 0 spiro atoms. The molecule has 0 bridgehead atoms. The van der Waals surface area contributed by atoms with Gasteiger partial charge in [-0.05, 0) is 123 Å². The van der Waals surface area contributed by atoms with E-state index in [1.54, 1.807) is 28.3 Å². The molecule has 13 heteroatoms. The average Bonchev–Trinajstić information content (AvgIpc) is 3.49. The van der Waals surface area contributed by atoms with Crippen LogP contribution in [0.4, 0.5) is 9.59 Å². The topological polar surface area (TPSA) is 96.1 Å². The van der Waals surface area contributed by atoms with Crippen molar-refractivity contribution in [1.29, 1.82) is 0 Å². The van der Waals surface area contributed by atoms with Crippen molar-refractivity contribution >= 4 is 69.7 Å². The van der Waals surface area contributed by atoms with Crippen LogP contribution in [0.25, 0.3) is 11.1 Å². The highest BCUT2D eigenvalue weighted by atomic mass is 35.5. The van der Waals surface area contributed by atoms with E-state index in [9.17, 15) is 14.8 Å². The van der Waals surface area contributed by atoms with E-state index in [0.29, 0.717) is 68.7 Å². The number of pyridine rings is 2. The Morgan fingerprint density at radius 2 is 1.16 bits per heavy atom. The van der Waals surface area contributed by atoms with Crippen molar-refractivity contribution in [3.63, 3.8) is 0 Å². The first-order valence-electron chi connectivity index (χ1n) is 19.5. The minimum absolute atomic E-state index is 0.235. The van der Waals surface area contributed by atoms with Gasteiger partial charge in [-0.25, -0.2) is 9.59 Å². The van der Waals surface area contributed by atoms with Crippen LogP contribution in [0.1, 0.15) is 84.3 Å². The van der Waals surface area contributed by atoms with E-state index in [0.717, 1.165) is 86.9 Å². The number of halogens is 4. The first kappa shape index (κ1) is 40.9. The lowest BCUT2D eigenvalue weighted by atomic mass is 9.88. The number of nitrogens with zero attached hydrogens (tertiary/aromatic N) is 4. The van der Waals surface area contributed by atoms with Gasteiger partial charge in [-0.15, -0.1) is 0 Å². The van der Waals surface area contributed by atoms with Crippen molar-refractivity contribution in [2.75, 3.05) is 39.4 Å². The SMILES string of the molecule is CCOC(=O)N1CCC(=C2c3ccc(Cl)cc3CCc3c(Cl)cc[n+](O)c32)CC1.CCOC(=O)N1CCC(=C2c3ccc(Cl)cc3CCc3c(Cl)ccnc32)CC1. The number of likely N-dealkylation sites (tertiary alicyclic amines) is 2. The van der Waals surface area contributed by atoms with E-state index in [1.807, 2.05) is 50.2 Å². The molecule has 57 heavy (non-hydrogen) atoms. The van der Waals surface area contributed by atoms with Crippen LogP contribution < -0.4 is 4.73 Å². The first-order chi connectivity index (χ1) is 27.6. The number of aromatic nitrogens is 2. The zero-order valence-corrected chi connectivity index (χ0v) is 35.1. The molecule has 2 amide bonds. The molecule has 0 saturated carbocycles. The minimum atomic E-state index is -0.273. The van der Waals surface area contributed by atoms with E-state index >= 15 is 0 Å². The molecule has 2 fully saturated rings. The molecule has 4 heterocycles. The molecule has 0 radical (unpaired) electrons. The summed E-state index contributed by atoms with van der Waals surface area (Å²) in [4.78, 5) is 32.4. The average molecular weight is 852 g/mol. The maximum atomic E-state index is 12.1. The van der Waals surface area contributed by atoms with Gasteiger partial charge < -0.3 is 19.3 Å². The molecule has 298 valence electrons. The van der Waals surface area contributed by atoms with Crippen LogP contribution in [0, 0.1) is 0 Å². The van der Waals surface area contributed by atoms with Gasteiger partial charge in [-0.1, -0.05) is 69.7 Å². The molecule has 0 atom stereocenters.